The summed E-state index contributed by atoms with van der Waals surface area (Å²) >= 11 is 0. The van der Waals surface area contributed by atoms with E-state index in [1.54, 1.807) is 19.2 Å². The van der Waals surface area contributed by atoms with Gasteiger partial charge in [0.25, 0.3) is 0 Å². The van der Waals surface area contributed by atoms with E-state index in [0.717, 1.165) is 17.7 Å². The number of aliphatic imine (C=N–C) groups is 1. The highest BCUT2D eigenvalue weighted by atomic mass is 16.5. The van der Waals surface area contributed by atoms with Gasteiger partial charge in [-0.1, -0.05) is 30.2 Å². The Morgan fingerprint density at radius 1 is 1.28 bits per heavy atom. The molecule has 1 atom stereocenters. The fraction of sp³-hybridized carbons (Fsp3) is 0.304. The van der Waals surface area contributed by atoms with E-state index in [-0.39, 0.29) is 24.1 Å². The highest BCUT2D eigenvalue weighted by Crippen LogP contribution is 2.39. The molecule has 29 heavy (non-hydrogen) atoms. The first kappa shape index (κ1) is 20.3. The molecule has 3 N–H and O–H groups in total. The number of nitrogens with zero attached hydrogens (tertiary/aromatic N) is 1. The van der Waals surface area contributed by atoms with E-state index >= 15 is 0 Å². The van der Waals surface area contributed by atoms with E-state index in [0.29, 0.717) is 17.2 Å². The van der Waals surface area contributed by atoms with E-state index in [2.05, 4.69) is 40.7 Å². The molecule has 1 amide bonds. The van der Waals surface area contributed by atoms with Crippen molar-refractivity contribution in [2.75, 3.05) is 18.9 Å². The Balaban J connectivity index is 1.61. The van der Waals surface area contributed by atoms with Crippen molar-refractivity contribution in [3.8, 4) is 18.1 Å². The predicted molar refractivity (Wildman–Crippen MR) is 116 cm³/mol. The zero-order valence-corrected chi connectivity index (χ0v) is 17.0. The summed E-state index contributed by atoms with van der Waals surface area (Å²) in [5.41, 5.74) is 2.15. The lowest BCUT2D eigenvalue weighted by molar-refractivity contribution is -0.115. The molecule has 0 bridgehead atoms. The van der Waals surface area contributed by atoms with Crippen LogP contribution in [0.2, 0.25) is 0 Å². The maximum Gasteiger partial charge on any atom is 0.243 e. The molecule has 2 aromatic carbocycles. The topological polar surface area (TPSA) is 74.8 Å². The van der Waals surface area contributed by atoms with Crippen LogP contribution in [0.1, 0.15) is 37.4 Å². The van der Waals surface area contributed by atoms with Crippen molar-refractivity contribution < 1.29 is 9.53 Å². The lowest BCUT2D eigenvalue weighted by Crippen LogP contribution is -2.46. The van der Waals surface area contributed by atoms with Gasteiger partial charge in [0.05, 0.1) is 12.6 Å². The van der Waals surface area contributed by atoms with Gasteiger partial charge in [-0.05, 0) is 38.1 Å². The second-order valence-electron chi connectivity index (χ2n) is 7.50. The van der Waals surface area contributed by atoms with E-state index in [4.69, 9.17) is 11.2 Å². The zero-order valence-electron chi connectivity index (χ0n) is 17.0. The van der Waals surface area contributed by atoms with Crippen LogP contribution in [0.3, 0.4) is 0 Å². The number of fused-ring (bicyclic) bond motifs is 1. The van der Waals surface area contributed by atoms with Crippen molar-refractivity contribution in [3.05, 3.63) is 59.7 Å². The van der Waals surface area contributed by atoms with Crippen molar-refractivity contribution in [2.24, 2.45) is 4.99 Å². The van der Waals surface area contributed by atoms with Crippen LogP contribution in [0.4, 0.5) is 5.69 Å². The lowest BCUT2D eigenvalue weighted by Gasteiger charge is -2.38. The number of amides is 1. The molecule has 0 saturated carbocycles. The Morgan fingerprint density at radius 2 is 2.07 bits per heavy atom. The van der Waals surface area contributed by atoms with Crippen LogP contribution >= 0.6 is 0 Å². The number of hydrogen-bond donors (Lipinski definition) is 3. The third-order valence-corrected chi connectivity index (χ3v) is 4.64. The summed E-state index contributed by atoms with van der Waals surface area (Å²) in [5, 5.41) is 9.31. The van der Waals surface area contributed by atoms with E-state index in [1.165, 1.54) is 0 Å². The number of terminal acetylenes is 1. The Labute approximate surface area is 171 Å². The molecule has 6 heteroatoms. The number of para-hydroxylation sites is 1. The SMILES string of the molecule is C#Cc1cccc(NC(=O)CNC(=NC)NC2CC(C)(C)Oc3ccccc32)c1. The minimum absolute atomic E-state index is 0.0246. The highest BCUT2D eigenvalue weighted by Gasteiger charge is 2.33. The summed E-state index contributed by atoms with van der Waals surface area (Å²) in [7, 11) is 1.68. The molecule has 6 nitrogen and oxygen atoms in total. The van der Waals surface area contributed by atoms with Crippen molar-refractivity contribution in [3.63, 3.8) is 0 Å². The molecule has 0 radical (unpaired) electrons. The molecule has 0 aliphatic carbocycles. The van der Waals surface area contributed by atoms with E-state index < -0.39 is 0 Å². The third kappa shape index (κ3) is 5.29. The molecule has 1 aliphatic heterocycles. The number of carbonyl (C=O) groups is 1. The quantitative estimate of drug-likeness (QED) is 0.426. The maximum absolute atomic E-state index is 12.3. The van der Waals surface area contributed by atoms with Crippen molar-refractivity contribution >= 4 is 17.6 Å². The number of guanidine groups is 1. The van der Waals surface area contributed by atoms with Gasteiger partial charge in [-0.25, -0.2) is 0 Å². The number of carbonyl (C=O) groups excluding carboxylic acids is 1. The van der Waals surface area contributed by atoms with Gasteiger partial charge in [-0.15, -0.1) is 6.42 Å². The van der Waals surface area contributed by atoms with E-state index in [1.807, 2.05) is 36.4 Å². The number of benzene rings is 2. The van der Waals surface area contributed by atoms with Gasteiger partial charge in [-0.3, -0.25) is 9.79 Å². The van der Waals surface area contributed by atoms with Gasteiger partial charge in [0.1, 0.15) is 11.4 Å². The van der Waals surface area contributed by atoms with E-state index in [9.17, 15) is 4.79 Å². The third-order valence-electron chi connectivity index (χ3n) is 4.64. The average molecular weight is 390 g/mol. The van der Waals surface area contributed by atoms with Crippen molar-refractivity contribution in [1.29, 1.82) is 0 Å². The van der Waals surface area contributed by atoms with Gasteiger partial charge in [0.2, 0.25) is 5.91 Å². The fourth-order valence-electron chi connectivity index (χ4n) is 3.35. The summed E-state index contributed by atoms with van der Waals surface area (Å²) in [4.78, 5) is 16.6. The Bertz CT molecular complexity index is 959. The molecule has 1 heterocycles. The standard InChI is InChI=1S/C23H26N4O2/c1-5-16-9-8-10-17(13-16)26-21(28)15-25-22(24-4)27-19-14-23(2,3)29-20-12-7-6-11-18(19)20/h1,6-13,19H,14-15H2,2-4H3,(H,26,28)(H2,24,25,27). The zero-order chi connectivity index (χ0) is 20.9. The number of rotatable bonds is 4. The van der Waals surface area contributed by atoms with Gasteiger partial charge in [0.15, 0.2) is 5.96 Å². The van der Waals surface area contributed by atoms with Gasteiger partial charge in [-0.2, -0.15) is 0 Å². The molecule has 0 saturated heterocycles. The maximum atomic E-state index is 12.3. The smallest absolute Gasteiger partial charge is 0.243 e. The first-order valence-electron chi connectivity index (χ1n) is 9.52. The van der Waals surface area contributed by atoms with Gasteiger partial charge in [0, 0.05) is 30.3 Å². The molecular formula is C23H26N4O2. The summed E-state index contributed by atoms with van der Waals surface area (Å²) in [6, 6.07) is 15.2. The number of nitrogens with one attached hydrogen (secondary N) is 3. The Hall–Kier alpha value is -3.46. The summed E-state index contributed by atoms with van der Waals surface area (Å²) in [6.45, 7) is 4.20. The second-order valence-corrected chi connectivity index (χ2v) is 7.50. The number of hydrogen-bond acceptors (Lipinski definition) is 3. The molecular weight excluding hydrogens is 364 g/mol. The molecule has 1 unspecified atom stereocenters. The highest BCUT2D eigenvalue weighted by molar-refractivity contribution is 5.95. The molecule has 0 fully saturated rings. The van der Waals surface area contributed by atoms with Crippen LogP contribution in [-0.2, 0) is 4.79 Å². The minimum atomic E-state index is -0.301. The van der Waals surface area contributed by atoms with Crippen LogP contribution in [-0.4, -0.2) is 31.1 Å². The average Bonchev–Trinajstić information content (AvgIpc) is 2.70. The molecule has 2 aromatic rings. The lowest BCUT2D eigenvalue weighted by atomic mass is 9.90. The Morgan fingerprint density at radius 3 is 2.83 bits per heavy atom. The predicted octanol–water partition coefficient (Wildman–Crippen LogP) is 3.07. The second kappa shape index (κ2) is 8.70. The Kier molecular flexibility index (Phi) is 6.08. The van der Waals surface area contributed by atoms with Crippen LogP contribution in [0.15, 0.2) is 53.5 Å². The molecule has 150 valence electrons. The monoisotopic (exact) mass is 390 g/mol. The van der Waals surface area contributed by atoms with Gasteiger partial charge >= 0.3 is 0 Å². The van der Waals surface area contributed by atoms with Crippen molar-refractivity contribution in [1.82, 2.24) is 10.6 Å². The fourth-order valence-corrected chi connectivity index (χ4v) is 3.35. The van der Waals surface area contributed by atoms with Crippen LogP contribution < -0.4 is 20.7 Å². The molecule has 1 aliphatic rings. The first-order valence-corrected chi connectivity index (χ1v) is 9.52. The largest absolute Gasteiger partial charge is 0.487 e. The first-order chi connectivity index (χ1) is 13.9. The summed E-state index contributed by atoms with van der Waals surface area (Å²) < 4.78 is 6.07. The normalized spacial score (nSPS) is 17.3. The summed E-state index contributed by atoms with van der Waals surface area (Å²) in [6.07, 6.45) is 6.17. The summed E-state index contributed by atoms with van der Waals surface area (Å²) in [5.74, 6) is 3.78. The molecule has 0 spiro atoms. The minimum Gasteiger partial charge on any atom is -0.487 e. The number of ether oxygens (including phenoxy) is 1. The van der Waals surface area contributed by atoms with Crippen LogP contribution in [0.25, 0.3) is 0 Å². The molecule has 3 rings (SSSR count). The van der Waals surface area contributed by atoms with Crippen molar-refractivity contribution in [2.45, 2.75) is 31.9 Å². The van der Waals surface area contributed by atoms with Crippen LogP contribution in [0.5, 0.6) is 5.75 Å². The van der Waals surface area contributed by atoms with Crippen LogP contribution in [0, 0.1) is 12.3 Å². The molecule has 0 aromatic heterocycles. The number of anilines is 1. The van der Waals surface area contributed by atoms with Gasteiger partial charge < -0.3 is 20.7 Å².